The largest absolute Gasteiger partial charge is 0.377 e. The van der Waals surface area contributed by atoms with Crippen LogP contribution in [0.2, 0.25) is 0 Å². The number of rotatable bonds is 3. The van der Waals surface area contributed by atoms with Crippen LogP contribution in [0.1, 0.15) is 12.5 Å². The standard InChI is InChI=1S/C9H10Br2O/c1-2-12-6-7-3-4-8(10)9(11)5-7/h3-5H,2,6H2,1H3. The van der Waals surface area contributed by atoms with E-state index in [1.807, 2.05) is 19.1 Å². The maximum atomic E-state index is 5.28. The molecule has 1 rings (SSSR count). The van der Waals surface area contributed by atoms with E-state index in [4.69, 9.17) is 4.74 Å². The summed E-state index contributed by atoms with van der Waals surface area (Å²) in [6, 6.07) is 6.11. The van der Waals surface area contributed by atoms with Crippen molar-refractivity contribution in [2.45, 2.75) is 13.5 Å². The molecule has 0 heterocycles. The molecule has 0 unspecified atom stereocenters. The number of ether oxygens (including phenoxy) is 1. The zero-order valence-corrected chi connectivity index (χ0v) is 9.98. The summed E-state index contributed by atoms with van der Waals surface area (Å²) in [5.74, 6) is 0. The molecule has 0 bridgehead atoms. The number of hydrogen-bond acceptors (Lipinski definition) is 1. The highest BCUT2D eigenvalue weighted by Crippen LogP contribution is 2.23. The minimum atomic E-state index is 0.683. The predicted octanol–water partition coefficient (Wildman–Crippen LogP) is 3.75. The third-order valence-electron chi connectivity index (χ3n) is 1.46. The molecule has 0 amide bonds. The molecule has 66 valence electrons. The molecule has 1 aromatic rings. The van der Waals surface area contributed by atoms with Crippen LogP contribution in [0.25, 0.3) is 0 Å². The van der Waals surface area contributed by atoms with Crippen molar-refractivity contribution in [1.29, 1.82) is 0 Å². The first-order chi connectivity index (χ1) is 5.74. The van der Waals surface area contributed by atoms with Crippen molar-refractivity contribution in [2.24, 2.45) is 0 Å². The molecule has 0 aromatic heterocycles. The lowest BCUT2D eigenvalue weighted by atomic mass is 10.2. The fourth-order valence-electron chi connectivity index (χ4n) is 0.849. The molecule has 0 fully saturated rings. The van der Waals surface area contributed by atoms with Gasteiger partial charge in [-0.15, -0.1) is 0 Å². The van der Waals surface area contributed by atoms with Crippen molar-refractivity contribution in [3.8, 4) is 0 Å². The SMILES string of the molecule is CCOCc1ccc(Br)c(Br)c1. The average molecular weight is 294 g/mol. The summed E-state index contributed by atoms with van der Waals surface area (Å²) in [7, 11) is 0. The third-order valence-corrected chi connectivity index (χ3v) is 3.34. The summed E-state index contributed by atoms with van der Waals surface area (Å²) in [4.78, 5) is 0. The molecule has 0 radical (unpaired) electrons. The number of benzene rings is 1. The van der Waals surface area contributed by atoms with Gasteiger partial charge in [-0.3, -0.25) is 0 Å². The molecule has 0 atom stereocenters. The summed E-state index contributed by atoms with van der Waals surface area (Å²) in [6.07, 6.45) is 0. The second-order valence-electron chi connectivity index (χ2n) is 2.39. The first-order valence-electron chi connectivity index (χ1n) is 3.75. The molecule has 1 nitrogen and oxygen atoms in total. The maximum Gasteiger partial charge on any atom is 0.0717 e. The van der Waals surface area contributed by atoms with Gasteiger partial charge in [-0.05, 0) is 56.5 Å². The van der Waals surface area contributed by atoms with E-state index in [-0.39, 0.29) is 0 Å². The Balaban J connectivity index is 2.69. The lowest BCUT2D eigenvalue weighted by Crippen LogP contribution is -1.91. The van der Waals surface area contributed by atoms with Crippen molar-refractivity contribution < 1.29 is 4.74 Å². The molecule has 12 heavy (non-hydrogen) atoms. The molecule has 3 heteroatoms. The first-order valence-corrected chi connectivity index (χ1v) is 5.34. The van der Waals surface area contributed by atoms with Gasteiger partial charge in [0.1, 0.15) is 0 Å². The van der Waals surface area contributed by atoms with Gasteiger partial charge >= 0.3 is 0 Å². The Morgan fingerprint density at radius 1 is 1.25 bits per heavy atom. The van der Waals surface area contributed by atoms with Crippen molar-refractivity contribution in [3.63, 3.8) is 0 Å². The minimum absolute atomic E-state index is 0.683. The van der Waals surface area contributed by atoms with Gasteiger partial charge in [0, 0.05) is 15.6 Å². The van der Waals surface area contributed by atoms with Crippen LogP contribution >= 0.6 is 31.9 Å². The quantitative estimate of drug-likeness (QED) is 0.825. The topological polar surface area (TPSA) is 9.23 Å². The minimum Gasteiger partial charge on any atom is -0.377 e. The zero-order chi connectivity index (χ0) is 8.97. The Morgan fingerprint density at radius 2 is 2.00 bits per heavy atom. The van der Waals surface area contributed by atoms with Gasteiger partial charge in [-0.1, -0.05) is 6.07 Å². The van der Waals surface area contributed by atoms with Crippen LogP contribution in [0.3, 0.4) is 0 Å². The smallest absolute Gasteiger partial charge is 0.0717 e. The van der Waals surface area contributed by atoms with Crippen LogP contribution < -0.4 is 0 Å². The van der Waals surface area contributed by atoms with Gasteiger partial charge in [0.05, 0.1) is 6.61 Å². The van der Waals surface area contributed by atoms with Crippen LogP contribution in [0, 0.1) is 0 Å². The molecule has 0 aliphatic rings. The Bertz CT molecular complexity index is 261. The van der Waals surface area contributed by atoms with Crippen molar-refractivity contribution in [1.82, 2.24) is 0 Å². The second-order valence-corrected chi connectivity index (χ2v) is 4.09. The van der Waals surface area contributed by atoms with Gasteiger partial charge in [0.25, 0.3) is 0 Å². The molecule has 0 saturated carbocycles. The average Bonchev–Trinajstić information content (AvgIpc) is 2.07. The van der Waals surface area contributed by atoms with Crippen molar-refractivity contribution in [3.05, 3.63) is 32.7 Å². The summed E-state index contributed by atoms with van der Waals surface area (Å²) in [5.41, 5.74) is 1.19. The molecule has 0 spiro atoms. The fourth-order valence-corrected chi connectivity index (χ4v) is 1.52. The van der Waals surface area contributed by atoms with Crippen molar-refractivity contribution in [2.75, 3.05) is 6.61 Å². The molecular weight excluding hydrogens is 284 g/mol. The van der Waals surface area contributed by atoms with E-state index < -0.39 is 0 Å². The van der Waals surface area contributed by atoms with E-state index in [1.165, 1.54) is 5.56 Å². The van der Waals surface area contributed by atoms with Crippen molar-refractivity contribution >= 4 is 31.9 Å². The summed E-state index contributed by atoms with van der Waals surface area (Å²) in [5, 5.41) is 0. The Hall–Kier alpha value is 0.140. The van der Waals surface area contributed by atoms with Gasteiger partial charge in [0.2, 0.25) is 0 Å². The first kappa shape index (κ1) is 10.2. The molecule has 0 N–H and O–H groups in total. The number of halogens is 2. The summed E-state index contributed by atoms with van der Waals surface area (Å²) >= 11 is 6.85. The van der Waals surface area contributed by atoms with Crippen LogP contribution in [-0.2, 0) is 11.3 Å². The second kappa shape index (κ2) is 5.00. The fraction of sp³-hybridized carbons (Fsp3) is 0.333. The lowest BCUT2D eigenvalue weighted by Gasteiger charge is -2.02. The molecule has 0 aliphatic carbocycles. The lowest BCUT2D eigenvalue weighted by molar-refractivity contribution is 0.134. The highest BCUT2D eigenvalue weighted by atomic mass is 79.9. The molecule has 1 aromatic carbocycles. The maximum absolute atomic E-state index is 5.28. The Kier molecular flexibility index (Phi) is 4.26. The summed E-state index contributed by atoms with van der Waals surface area (Å²) < 4.78 is 7.42. The van der Waals surface area contributed by atoms with E-state index in [1.54, 1.807) is 0 Å². The van der Waals surface area contributed by atoms with Gasteiger partial charge in [0.15, 0.2) is 0 Å². The van der Waals surface area contributed by atoms with Crippen LogP contribution in [-0.4, -0.2) is 6.61 Å². The van der Waals surface area contributed by atoms with Crippen LogP contribution in [0.15, 0.2) is 27.1 Å². The third kappa shape index (κ3) is 2.88. The van der Waals surface area contributed by atoms with E-state index in [2.05, 4.69) is 37.9 Å². The molecule has 0 saturated heterocycles. The van der Waals surface area contributed by atoms with Crippen LogP contribution in [0.4, 0.5) is 0 Å². The summed E-state index contributed by atoms with van der Waals surface area (Å²) in [6.45, 7) is 3.43. The molecule has 0 aliphatic heterocycles. The van der Waals surface area contributed by atoms with E-state index in [0.717, 1.165) is 15.6 Å². The van der Waals surface area contributed by atoms with Gasteiger partial charge in [-0.2, -0.15) is 0 Å². The Labute approximate surface area is 89.4 Å². The molecular formula is C9H10Br2O. The van der Waals surface area contributed by atoms with Gasteiger partial charge < -0.3 is 4.74 Å². The number of hydrogen-bond donors (Lipinski definition) is 0. The van der Waals surface area contributed by atoms with E-state index in [9.17, 15) is 0 Å². The monoisotopic (exact) mass is 292 g/mol. The zero-order valence-electron chi connectivity index (χ0n) is 6.81. The highest BCUT2D eigenvalue weighted by Gasteiger charge is 1.97. The van der Waals surface area contributed by atoms with Gasteiger partial charge in [-0.25, -0.2) is 0 Å². The van der Waals surface area contributed by atoms with E-state index in [0.29, 0.717) is 6.61 Å². The predicted molar refractivity (Wildman–Crippen MR) is 57.2 cm³/mol. The highest BCUT2D eigenvalue weighted by molar-refractivity contribution is 9.13. The van der Waals surface area contributed by atoms with Crippen LogP contribution in [0.5, 0.6) is 0 Å². The Morgan fingerprint density at radius 3 is 2.58 bits per heavy atom. The normalized spacial score (nSPS) is 10.2. The van der Waals surface area contributed by atoms with E-state index >= 15 is 0 Å².